The topological polar surface area (TPSA) is 47.1 Å². The number of nitrogens with two attached hydrogens (primary N) is 1. The summed E-state index contributed by atoms with van der Waals surface area (Å²) in [7, 11) is 0. The molecule has 0 spiro atoms. The van der Waals surface area contributed by atoms with Crippen molar-refractivity contribution in [1.29, 1.82) is 0 Å². The molecular formula is C9H15ClN4. The lowest BCUT2D eigenvalue weighted by atomic mass is 10.3. The molecule has 0 fully saturated rings. The van der Waals surface area contributed by atoms with Crippen LogP contribution in [0.15, 0.2) is 6.20 Å². The molecule has 2 heterocycles. The van der Waals surface area contributed by atoms with Gasteiger partial charge in [0.15, 0.2) is 0 Å². The normalized spacial score (nSPS) is 17.0. The van der Waals surface area contributed by atoms with Crippen LogP contribution in [0.25, 0.3) is 0 Å². The van der Waals surface area contributed by atoms with Gasteiger partial charge in [-0.3, -0.25) is 4.90 Å². The largest absolute Gasteiger partial charge is 0.330 e. The summed E-state index contributed by atoms with van der Waals surface area (Å²) in [4.78, 5) is 6.64. The maximum Gasteiger partial charge on any atom is 0.128 e. The van der Waals surface area contributed by atoms with Crippen molar-refractivity contribution < 1.29 is 0 Å². The molecule has 1 aliphatic heterocycles. The van der Waals surface area contributed by atoms with E-state index in [1.807, 2.05) is 0 Å². The molecule has 0 aromatic carbocycles. The van der Waals surface area contributed by atoms with E-state index in [0.29, 0.717) is 0 Å². The van der Waals surface area contributed by atoms with E-state index < -0.39 is 0 Å². The fraction of sp³-hybridized carbons (Fsp3) is 0.667. The van der Waals surface area contributed by atoms with Crippen LogP contribution in [0.2, 0.25) is 5.15 Å². The molecule has 0 saturated heterocycles. The van der Waals surface area contributed by atoms with Gasteiger partial charge in [-0.05, 0) is 19.5 Å². The summed E-state index contributed by atoms with van der Waals surface area (Å²) >= 11 is 5.97. The Hall–Kier alpha value is -0.580. The highest BCUT2D eigenvalue weighted by Gasteiger charge is 2.18. The number of nitrogens with zero attached hydrogens (tertiary/aromatic N) is 3. The van der Waals surface area contributed by atoms with Gasteiger partial charge in [0.1, 0.15) is 11.0 Å². The first-order valence-electron chi connectivity index (χ1n) is 4.93. The van der Waals surface area contributed by atoms with Crippen molar-refractivity contribution in [3.8, 4) is 0 Å². The predicted molar refractivity (Wildman–Crippen MR) is 56.2 cm³/mol. The molecule has 14 heavy (non-hydrogen) atoms. The van der Waals surface area contributed by atoms with E-state index >= 15 is 0 Å². The molecule has 2 N–H and O–H groups in total. The summed E-state index contributed by atoms with van der Waals surface area (Å²) in [5.74, 6) is 1.07. The minimum absolute atomic E-state index is 0.749. The van der Waals surface area contributed by atoms with Gasteiger partial charge in [0.2, 0.25) is 0 Å². The zero-order valence-electron chi connectivity index (χ0n) is 8.12. The van der Waals surface area contributed by atoms with Crippen LogP contribution in [-0.4, -0.2) is 34.1 Å². The van der Waals surface area contributed by atoms with Crippen LogP contribution in [0.3, 0.4) is 0 Å². The van der Waals surface area contributed by atoms with Crippen LogP contribution in [0, 0.1) is 0 Å². The zero-order chi connectivity index (χ0) is 9.97. The lowest BCUT2D eigenvalue weighted by Gasteiger charge is -2.27. The summed E-state index contributed by atoms with van der Waals surface area (Å²) < 4.78 is 2.07. The number of hydrogen-bond donors (Lipinski definition) is 1. The second kappa shape index (κ2) is 4.29. The second-order valence-electron chi connectivity index (χ2n) is 3.57. The fourth-order valence-corrected chi connectivity index (χ4v) is 2.01. The first kappa shape index (κ1) is 9.96. The van der Waals surface area contributed by atoms with Gasteiger partial charge in [0.05, 0.1) is 12.7 Å². The van der Waals surface area contributed by atoms with E-state index in [4.69, 9.17) is 17.3 Å². The number of aromatic nitrogens is 2. The Bertz CT molecular complexity index is 310. The van der Waals surface area contributed by atoms with Gasteiger partial charge >= 0.3 is 0 Å². The van der Waals surface area contributed by atoms with Gasteiger partial charge in [-0.15, -0.1) is 0 Å². The average Bonchev–Trinajstić information content (AvgIpc) is 2.57. The van der Waals surface area contributed by atoms with Crippen LogP contribution < -0.4 is 5.73 Å². The van der Waals surface area contributed by atoms with Crippen LogP contribution in [0.4, 0.5) is 0 Å². The average molecular weight is 215 g/mol. The molecule has 1 aliphatic rings. The van der Waals surface area contributed by atoms with Crippen LogP contribution >= 0.6 is 11.6 Å². The first-order chi connectivity index (χ1) is 6.81. The first-order valence-corrected chi connectivity index (χ1v) is 5.31. The zero-order valence-corrected chi connectivity index (χ0v) is 8.87. The molecule has 0 unspecified atom stereocenters. The van der Waals surface area contributed by atoms with Crippen molar-refractivity contribution in [3.05, 3.63) is 17.2 Å². The summed E-state index contributed by atoms with van der Waals surface area (Å²) in [6.45, 7) is 4.70. The van der Waals surface area contributed by atoms with Gasteiger partial charge < -0.3 is 10.3 Å². The Balaban J connectivity index is 1.99. The third-order valence-corrected chi connectivity index (χ3v) is 2.87. The van der Waals surface area contributed by atoms with E-state index in [9.17, 15) is 0 Å². The summed E-state index contributed by atoms with van der Waals surface area (Å²) in [6, 6.07) is 0. The Kier molecular flexibility index (Phi) is 3.05. The molecule has 0 bridgehead atoms. The molecule has 1 aromatic rings. The molecule has 0 saturated carbocycles. The Morgan fingerprint density at radius 1 is 1.50 bits per heavy atom. The Morgan fingerprint density at radius 3 is 3.14 bits per heavy atom. The van der Waals surface area contributed by atoms with Crippen molar-refractivity contribution in [2.45, 2.75) is 19.5 Å². The number of fused-ring (bicyclic) bond motifs is 1. The summed E-state index contributed by atoms with van der Waals surface area (Å²) in [6.07, 6.45) is 2.78. The maximum absolute atomic E-state index is 5.97. The van der Waals surface area contributed by atoms with Gasteiger partial charge in [-0.1, -0.05) is 11.6 Å². The monoisotopic (exact) mass is 214 g/mol. The van der Waals surface area contributed by atoms with Crippen molar-refractivity contribution in [2.24, 2.45) is 5.73 Å². The number of hydrogen-bond acceptors (Lipinski definition) is 3. The Morgan fingerprint density at radius 2 is 2.36 bits per heavy atom. The molecule has 0 radical (unpaired) electrons. The van der Waals surface area contributed by atoms with Crippen molar-refractivity contribution in [2.75, 3.05) is 19.6 Å². The van der Waals surface area contributed by atoms with E-state index in [-0.39, 0.29) is 0 Å². The van der Waals surface area contributed by atoms with E-state index in [1.165, 1.54) is 0 Å². The van der Waals surface area contributed by atoms with Crippen molar-refractivity contribution in [1.82, 2.24) is 14.5 Å². The number of halogens is 1. The molecule has 78 valence electrons. The predicted octanol–water partition coefficient (Wildman–Crippen LogP) is 0.701. The van der Waals surface area contributed by atoms with Crippen LogP contribution in [0.5, 0.6) is 0 Å². The van der Waals surface area contributed by atoms with Gasteiger partial charge in [0.25, 0.3) is 0 Å². The lowest BCUT2D eigenvalue weighted by molar-refractivity contribution is 0.216. The Labute approximate surface area is 88.7 Å². The van der Waals surface area contributed by atoms with E-state index in [2.05, 4.69) is 14.5 Å². The SMILES string of the molecule is NCCCN1CCn2c(Cl)cnc2C1. The van der Waals surface area contributed by atoms with Gasteiger partial charge in [-0.25, -0.2) is 4.98 Å². The van der Waals surface area contributed by atoms with Crippen LogP contribution in [-0.2, 0) is 13.1 Å². The van der Waals surface area contributed by atoms with Crippen molar-refractivity contribution >= 4 is 11.6 Å². The quantitative estimate of drug-likeness (QED) is 0.806. The minimum atomic E-state index is 0.749. The molecule has 0 aliphatic carbocycles. The van der Waals surface area contributed by atoms with E-state index in [0.717, 1.165) is 50.1 Å². The molecule has 1 aromatic heterocycles. The molecule has 0 amide bonds. The number of rotatable bonds is 3. The summed E-state index contributed by atoms with van der Waals surface area (Å²) in [5, 5.41) is 0.749. The van der Waals surface area contributed by atoms with Gasteiger partial charge in [-0.2, -0.15) is 0 Å². The lowest BCUT2D eigenvalue weighted by Crippen LogP contribution is -2.35. The molecule has 5 heteroatoms. The molecule has 0 atom stereocenters. The van der Waals surface area contributed by atoms with E-state index in [1.54, 1.807) is 6.20 Å². The fourth-order valence-electron chi connectivity index (χ4n) is 1.78. The molecular weight excluding hydrogens is 200 g/mol. The maximum atomic E-state index is 5.97. The standard InChI is InChI=1S/C9H15ClN4/c10-8-6-12-9-7-13(3-1-2-11)4-5-14(8)9/h6H,1-5,7,11H2. The minimum Gasteiger partial charge on any atom is -0.330 e. The van der Waals surface area contributed by atoms with Crippen molar-refractivity contribution in [3.63, 3.8) is 0 Å². The molecule has 4 nitrogen and oxygen atoms in total. The van der Waals surface area contributed by atoms with Crippen LogP contribution in [0.1, 0.15) is 12.2 Å². The smallest absolute Gasteiger partial charge is 0.128 e. The second-order valence-corrected chi connectivity index (χ2v) is 3.95. The number of imidazole rings is 1. The highest BCUT2D eigenvalue weighted by Crippen LogP contribution is 2.17. The highest BCUT2D eigenvalue weighted by molar-refractivity contribution is 6.29. The summed E-state index contributed by atoms with van der Waals surface area (Å²) in [5.41, 5.74) is 5.48. The third-order valence-electron chi connectivity index (χ3n) is 2.57. The highest BCUT2D eigenvalue weighted by atomic mass is 35.5. The molecule has 2 rings (SSSR count). The third kappa shape index (κ3) is 1.92. The van der Waals surface area contributed by atoms with Gasteiger partial charge in [0, 0.05) is 13.1 Å².